The molecule has 1 saturated heterocycles. The minimum atomic E-state index is -0.591. The maximum absolute atomic E-state index is 13.4. The fraction of sp³-hybridized carbons (Fsp3) is 0.355. The molecule has 3 atom stereocenters. The smallest absolute Gasteiger partial charge is 0.311 e. The van der Waals surface area contributed by atoms with Crippen LogP contribution in [0.3, 0.4) is 0 Å². The molecule has 6 rings (SSSR count). The van der Waals surface area contributed by atoms with Crippen LogP contribution in [0.4, 0.5) is 0 Å². The first-order chi connectivity index (χ1) is 19.6. The molecule has 0 N–H and O–H groups in total. The van der Waals surface area contributed by atoms with Gasteiger partial charge in [0.15, 0.2) is 6.61 Å². The highest BCUT2D eigenvalue weighted by atomic mass is 16.5. The molecule has 2 amide bonds. The van der Waals surface area contributed by atoms with Crippen molar-refractivity contribution < 1.29 is 28.0 Å². The Morgan fingerprint density at radius 2 is 1.88 bits per heavy atom. The lowest BCUT2D eigenvalue weighted by atomic mass is 9.79. The SMILES string of the molecule is O=C(OCC(=O)N1N=C2/C(=C\c3ccco3)CCC[C@@H]2[C@@H]1c1ccco1)[C@H]1CC(=O)N(CCc2ccccc2)C1. The Morgan fingerprint density at radius 1 is 1.05 bits per heavy atom. The molecule has 40 heavy (non-hydrogen) atoms. The van der Waals surface area contributed by atoms with Crippen molar-refractivity contribution in [3.05, 3.63) is 89.8 Å². The third kappa shape index (κ3) is 5.36. The first-order valence-corrected chi connectivity index (χ1v) is 13.7. The summed E-state index contributed by atoms with van der Waals surface area (Å²) in [4.78, 5) is 40.5. The van der Waals surface area contributed by atoms with Gasteiger partial charge in [-0.05, 0) is 67.2 Å². The summed E-state index contributed by atoms with van der Waals surface area (Å²) in [6.45, 7) is 0.380. The molecule has 0 radical (unpaired) electrons. The lowest BCUT2D eigenvalue weighted by Crippen LogP contribution is -2.35. The quantitative estimate of drug-likeness (QED) is 0.385. The fourth-order valence-electron chi connectivity index (χ4n) is 5.86. The third-order valence-electron chi connectivity index (χ3n) is 7.85. The molecule has 3 aliphatic rings. The topological polar surface area (TPSA) is 106 Å². The van der Waals surface area contributed by atoms with Gasteiger partial charge in [-0.2, -0.15) is 5.10 Å². The molecule has 2 aromatic heterocycles. The van der Waals surface area contributed by atoms with E-state index in [9.17, 15) is 14.4 Å². The molecule has 9 heteroatoms. The minimum Gasteiger partial charge on any atom is -0.467 e. The van der Waals surface area contributed by atoms with E-state index in [4.69, 9.17) is 18.7 Å². The number of nitrogens with zero attached hydrogens (tertiary/aromatic N) is 3. The first kappa shape index (κ1) is 25.9. The summed E-state index contributed by atoms with van der Waals surface area (Å²) in [6.07, 6.45) is 8.61. The van der Waals surface area contributed by atoms with Gasteiger partial charge in [-0.3, -0.25) is 14.4 Å². The van der Waals surface area contributed by atoms with E-state index in [1.807, 2.05) is 54.6 Å². The first-order valence-electron chi connectivity index (χ1n) is 13.7. The summed E-state index contributed by atoms with van der Waals surface area (Å²) < 4.78 is 16.7. The molecule has 1 aromatic carbocycles. The largest absolute Gasteiger partial charge is 0.467 e. The van der Waals surface area contributed by atoms with Crippen molar-refractivity contribution in [3.63, 3.8) is 0 Å². The number of hydrazone groups is 1. The zero-order valence-corrected chi connectivity index (χ0v) is 22.1. The zero-order valence-electron chi connectivity index (χ0n) is 22.1. The van der Waals surface area contributed by atoms with Gasteiger partial charge in [-0.1, -0.05) is 30.3 Å². The standard InChI is InChI=1S/C31H31N3O6/c35-27-18-23(19-33(27)14-13-21-7-2-1-3-8-21)31(37)40-20-28(36)34-30(26-12-6-16-39-26)25-11-4-9-22(29(25)32-34)17-24-10-5-15-38-24/h1-3,5-8,10,12,15-17,23,25,30H,4,9,11,13-14,18-20H2/b22-17-/t23-,25-,30+/m0/s1. The van der Waals surface area contributed by atoms with E-state index in [0.717, 1.165) is 41.9 Å². The third-order valence-corrected chi connectivity index (χ3v) is 7.85. The maximum Gasteiger partial charge on any atom is 0.311 e. The summed E-state index contributed by atoms with van der Waals surface area (Å²) in [6, 6.07) is 16.8. The number of likely N-dealkylation sites (tertiary alicyclic amines) is 1. The number of fused-ring (bicyclic) bond motifs is 1. The van der Waals surface area contributed by atoms with Gasteiger partial charge in [0.05, 0.1) is 24.2 Å². The number of carbonyl (C=O) groups excluding carboxylic acids is 3. The van der Waals surface area contributed by atoms with E-state index in [0.29, 0.717) is 25.3 Å². The van der Waals surface area contributed by atoms with Crippen LogP contribution < -0.4 is 0 Å². The van der Waals surface area contributed by atoms with Gasteiger partial charge in [-0.15, -0.1) is 0 Å². The van der Waals surface area contributed by atoms with Crippen molar-refractivity contribution >= 4 is 29.6 Å². The van der Waals surface area contributed by atoms with Gasteiger partial charge < -0.3 is 18.5 Å². The van der Waals surface area contributed by atoms with Gasteiger partial charge >= 0.3 is 5.97 Å². The number of carbonyl (C=O) groups is 3. The molecule has 2 fully saturated rings. The van der Waals surface area contributed by atoms with Gasteiger partial charge in [0.1, 0.15) is 17.6 Å². The summed E-state index contributed by atoms with van der Waals surface area (Å²) >= 11 is 0. The molecule has 3 aromatic rings. The minimum absolute atomic E-state index is 0.0357. The number of allylic oxidation sites excluding steroid dienone is 1. The Morgan fingerprint density at radius 3 is 2.65 bits per heavy atom. The number of furan rings is 2. The van der Waals surface area contributed by atoms with E-state index in [1.165, 1.54) is 5.01 Å². The van der Waals surface area contributed by atoms with Crippen LogP contribution in [0.5, 0.6) is 0 Å². The van der Waals surface area contributed by atoms with Crippen molar-refractivity contribution in [1.82, 2.24) is 9.91 Å². The zero-order chi connectivity index (χ0) is 27.5. The Labute approximate surface area is 232 Å². The highest BCUT2D eigenvalue weighted by molar-refractivity contribution is 6.08. The molecule has 0 bridgehead atoms. The second-order valence-corrected chi connectivity index (χ2v) is 10.5. The van der Waals surface area contributed by atoms with Crippen molar-refractivity contribution in [2.45, 2.75) is 38.1 Å². The molecular weight excluding hydrogens is 510 g/mol. The molecular formula is C31H31N3O6. The maximum atomic E-state index is 13.4. The molecule has 206 valence electrons. The summed E-state index contributed by atoms with van der Waals surface area (Å²) in [5, 5.41) is 6.14. The average molecular weight is 542 g/mol. The Hall–Kier alpha value is -4.40. The molecule has 1 aliphatic carbocycles. The molecule has 2 aliphatic heterocycles. The molecule has 1 saturated carbocycles. The monoisotopic (exact) mass is 541 g/mol. The molecule has 0 unspecified atom stereocenters. The lowest BCUT2D eigenvalue weighted by molar-refractivity contribution is -0.156. The summed E-state index contributed by atoms with van der Waals surface area (Å²) in [5.74, 6) is -0.305. The van der Waals surface area contributed by atoms with Crippen molar-refractivity contribution in [2.75, 3.05) is 19.7 Å². The highest BCUT2D eigenvalue weighted by Gasteiger charge is 2.45. The van der Waals surface area contributed by atoms with Crippen LogP contribution in [-0.2, 0) is 25.5 Å². The fourth-order valence-corrected chi connectivity index (χ4v) is 5.86. The van der Waals surface area contributed by atoms with Crippen LogP contribution >= 0.6 is 0 Å². The van der Waals surface area contributed by atoms with Crippen LogP contribution in [0.25, 0.3) is 6.08 Å². The second kappa shape index (κ2) is 11.4. The summed E-state index contributed by atoms with van der Waals surface area (Å²) in [5.41, 5.74) is 2.99. The molecule has 4 heterocycles. The Bertz CT molecular complexity index is 1410. The van der Waals surface area contributed by atoms with Crippen LogP contribution in [-0.4, -0.2) is 53.1 Å². The number of rotatable bonds is 8. The van der Waals surface area contributed by atoms with E-state index < -0.39 is 30.4 Å². The number of ether oxygens (including phenoxy) is 1. The van der Waals surface area contributed by atoms with Gasteiger partial charge in [0, 0.05) is 25.4 Å². The number of hydrogen-bond donors (Lipinski definition) is 0. The van der Waals surface area contributed by atoms with E-state index in [-0.39, 0.29) is 18.2 Å². The van der Waals surface area contributed by atoms with Crippen molar-refractivity contribution in [2.24, 2.45) is 16.9 Å². The van der Waals surface area contributed by atoms with Crippen LogP contribution in [0, 0.1) is 11.8 Å². The van der Waals surface area contributed by atoms with E-state index >= 15 is 0 Å². The van der Waals surface area contributed by atoms with Crippen LogP contribution in [0.2, 0.25) is 0 Å². The van der Waals surface area contributed by atoms with E-state index in [2.05, 4.69) is 0 Å². The molecule has 9 nitrogen and oxygen atoms in total. The van der Waals surface area contributed by atoms with Gasteiger partial charge in [0.25, 0.3) is 5.91 Å². The van der Waals surface area contributed by atoms with Gasteiger partial charge in [-0.25, -0.2) is 5.01 Å². The number of hydrogen-bond acceptors (Lipinski definition) is 7. The predicted octanol–water partition coefficient (Wildman–Crippen LogP) is 4.63. The average Bonchev–Trinajstić information content (AvgIpc) is 3.78. The predicted molar refractivity (Wildman–Crippen MR) is 146 cm³/mol. The highest BCUT2D eigenvalue weighted by Crippen LogP contribution is 2.44. The Balaban J connectivity index is 1.11. The Kier molecular flexibility index (Phi) is 7.35. The van der Waals surface area contributed by atoms with Crippen LogP contribution in [0.1, 0.15) is 48.8 Å². The lowest BCUT2D eigenvalue weighted by Gasteiger charge is -2.27. The van der Waals surface area contributed by atoms with Crippen molar-refractivity contribution in [1.29, 1.82) is 0 Å². The summed E-state index contributed by atoms with van der Waals surface area (Å²) in [7, 11) is 0. The van der Waals surface area contributed by atoms with Crippen LogP contribution in [0.15, 0.2) is 86.6 Å². The normalized spacial score (nSPS) is 23.4. The second-order valence-electron chi connectivity index (χ2n) is 10.5. The molecule has 0 spiro atoms. The number of amides is 2. The van der Waals surface area contributed by atoms with Gasteiger partial charge in [0.2, 0.25) is 5.91 Å². The van der Waals surface area contributed by atoms with Crippen molar-refractivity contribution in [3.8, 4) is 0 Å². The number of esters is 1. The number of benzene rings is 1. The van der Waals surface area contributed by atoms with E-state index in [1.54, 1.807) is 23.5 Å².